The van der Waals surface area contributed by atoms with Crippen LogP contribution in [0.5, 0.6) is 0 Å². The number of rotatable bonds is 8. The first kappa shape index (κ1) is 17.9. The van der Waals surface area contributed by atoms with Crippen molar-refractivity contribution >= 4 is 40.0 Å². The van der Waals surface area contributed by atoms with Crippen LogP contribution < -0.4 is 10.2 Å². The lowest BCUT2D eigenvalue weighted by Gasteiger charge is -2.10. The van der Waals surface area contributed by atoms with Crippen LogP contribution in [0.2, 0.25) is 0 Å². The van der Waals surface area contributed by atoms with Gasteiger partial charge in [0, 0.05) is 36.4 Å². The van der Waals surface area contributed by atoms with Crippen molar-refractivity contribution in [3.63, 3.8) is 0 Å². The van der Waals surface area contributed by atoms with Crippen molar-refractivity contribution in [3.8, 4) is 0 Å². The van der Waals surface area contributed by atoms with E-state index in [1.54, 1.807) is 16.7 Å². The molecule has 0 unspecified atom stereocenters. The molecule has 2 amide bonds. The van der Waals surface area contributed by atoms with Crippen LogP contribution in [-0.4, -0.2) is 35.6 Å². The van der Waals surface area contributed by atoms with Crippen molar-refractivity contribution in [2.45, 2.75) is 25.0 Å². The number of nitrogens with zero attached hydrogens (tertiary/aromatic N) is 2. The molecule has 0 radical (unpaired) electrons. The number of thiazole rings is 1. The third-order valence-corrected chi connectivity index (χ3v) is 5.81. The zero-order chi connectivity index (χ0) is 17.5. The molecule has 1 aromatic carbocycles. The average Bonchev–Trinajstić information content (AvgIpc) is 3.24. The molecular weight excluding hydrogens is 354 g/mol. The molecule has 0 aliphatic carbocycles. The van der Waals surface area contributed by atoms with Gasteiger partial charge in [0.05, 0.1) is 12.1 Å². The van der Waals surface area contributed by atoms with Gasteiger partial charge in [-0.1, -0.05) is 30.3 Å². The van der Waals surface area contributed by atoms with Gasteiger partial charge < -0.3 is 5.32 Å². The van der Waals surface area contributed by atoms with E-state index >= 15 is 0 Å². The van der Waals surface area contributed by atoms with E-state index in [0.717, 1.165) is 30.2 Å². The van der Waals surface area contributed by atoms with Gasteiger partial charge in [0.15, 0.2) is 5.13 Å². The van der Waals surface area contributed by atoms with Crippen molar-refractivity contribution in [2.75, 3.05) is 23.7 Å². The number of amides is 2. The van der Waals surface area contributed by atoms with Gasteiger partial charge in [0.1, 0.15) is 0 Å². The summed E-state index contributed by atoms with van der Waals surface area (Å²) in [5, 5.41) is 5.51. The zero-order valence-electron chi connectivity index (χ0n) is 13.9. The molecule has 3 rings (SSSR count). The summed E-state index contributed by atoms with van der Waals surface area (Å²) in [6.07, 6.45) is 1.74. The lowest BCUT2D eigenvalue weighted by Crippen LogP contribution is -2.27. The van der Waals surface area contributed by atoms with E-state index in [9.17, 15) is 9.59 Å². The molecule has 2 aromatic rings. The van der Waals surface area contributed by atoms with E-state index in [1.807, 2.05) is 23.6 Å². The highest BCUT2D eigenvalue weighted by Gasteiger charge is 2.24. The first-order valence-electron chi connectivity index (χ1n) is 8.35. The van der Waals surface area contributed by atoms with Crippen molar-refractivity contribution in [1.29, 1.82) is 0 Å². The van der Waals surface area contributed by atoms with Gasteiger partial charge in [-0.15, -0.1) is 11.3 Å². The van der Waals surface area contributed by atoms with Gasteiger partial charge in [-0.05, 0) is 12.0 Å². The molecule has 132 valence electrons. The zero-order valence-corrected chi connectivity index (χ0v) is 15.6. The summed E-state index contributed by atoms with van der Waals surface area (Å²) in [5.74, 6) is 1.94. The van der Waals surface area contributed by atoms with Crippen LogP contribution in [0.15, 0.2) is 35.7 Å². The van der Waals surface area contributed by atoms with Crippen LogP contribution in [0.3, 0.4) is 0 Å². The van der Waals surface area contributed by atoms with Crippen LogP contribution in [0.4, 0.5) is 5.13 Å². The van der Waals surface area contributed by atoms with Gasteiger partial charge in [-0.25, -0.2) is 4.98 Å². The largest absolute Gasteiger partial charge is 0.355 e. The summed E-state index contributed by atoms with van der Waals surface area (Å²) < 4.78 is 0. The highest BCUT2D eigenvalue weighted by molar-refractivity contribution is 7.98. The summed E-state index contributed by atoms with van der Waals surface area (Å²) in [4.78, 5) is 29.9. The third kappa shape index (κ3) is 5.31. The minimum absolute atomic E-state index is 0.0232. The monoisotopic (exact) mass is 375 g/mol. The fourth-order valence-corrected chi connectivity index (χ4v) is 4.29. The highest BCUT2D eigenvalue weighted by Crippen LogP contribution is 2.25. The Labute approximate surface area is 155 Å². The Morgan fingerprint density at radius 2 is 2.16 bits per heavy atom. The molecule has 1 fully saturated rings. The summed E-state index contributed by atoms with van der Waals surface area (Å²) in [5.41, 5.74) is 2.03. The summed E-state index contributed by atoms with van der Waals surface area (Å²) in [6, 6.07) is 10.3. The number of thioether (sulfide) groups is 1. The fraction of sp³-hybridized carbons (Fsp3) is 0.389. The summed E-state index contributed by atoms with van der Waals surface area (Å²) >= 11 is 3.24. The smallest absolute Gasteiger partial charge is 0.228 e. The van der Waals surface area contributed by atoms with Gasteiger partial charge in [-0.3, -0.25) is 14.5 Å². The Morgan fingerprint density at radius 1 is 1.32 bits per heavy atom. The van der Waals surface area contributed by atoms with Gasteiger partial charge in [-0.2, -0.15) is 11.8 Å². The molecule has 25 heavy (non-hydrogen) atoms. The maximum absolute atomic E-state index is 12.0. The molecule has 0 atom stereocenters. The lowest BCUT2D eigenvalue weighted by molar-refractivity contribution is -0.120. The van der Waals surface area contributed by atoms with Crippen molar-refractivity contribution in [1.82, 2.24) is 10.3 Å². The maximum atomic E-state index is 12.0. The van der Waals surface area contributed by atoms with Gasteiger partial charge in [0.25, 0.3) is 0 Å². The summed E-state index contributed by atoms with van der Waals surface area (Å²) in [7, 11) is 0. The maximum Gasteiger partial charge on any atom is 0.228 e. The van der Waals surface area contributed by atoms with Crippen LogP contribution in [0, 0.1) is 0 Å². The number of aromatic nitrogens is 1. The number of hydrogen-bond donors (Lipinski definition) is 1. The Kier molecular flexibility index (Phi) is 6.47. The number of benzene rings is 1. The quantitative estimate of drug-likeness (QED) is 0.721. The number of carbonyl (C=O) groups is 2. The Bertz CT molecular complexity index is 718. The van der Waals surface area contributed by atoms with E-state index in [2.05, 4.69) is 22.4 Å². The normalized spacial score (nSPS) is 14.1. The molecule has 1 aliphatic rings. The van der Waals surface area contributed by atoms with Crippen molar-refractivity contribution < 1.29 is 9.59 Å². The molecule has 7 heteroatoms. The molecule has 1 aliphatic heterocycles. The highest BCUT2D eigenvalue weighted by atomic mass is 32.2. The molecular formula is C18H21N3O2S2. The second-order valence-electron chi connectivity index (χ2n) is 5.84. The van der Waals surface area contributed by atoms with Crippen molar-refractivity contribution in [2.24, 2.45) is 0 Å². The van der Waals surface area contributed by atoms with Crippen LogP contribution >= 0.6 is 23.1 Å². The van der Waals surface area contributed by atoms with Gasteiger partial charge in [0.2, 0.25) is 11.8 Å². The Hall–Kier alpha value is -1.86. The molecule has 0 saturated carbocycles. The second-order valence-corrected chi connectivity index (χ2v) is 7.78. The predicted molar refractivity (Wildman–Crippen MR) is 103 cm³/mol. The Morgan fingerprint density at radius 3 is 2.92 bits per heavy atom. The van der Waals surface area contributed by atoms with E-state index in [1.165, 1.54) is 16.9 Å². The number of nitrogens with one attached hydrogen (secondary N) is 1. The molecule has 5 nitrogen and oxygen atoms in total. The van der Waals surface area contributed by atoms with E-state index in [-0.39, 0.29) is 18.2 Å². The van der Waals surface area contributed by atoms with Crippen LogP contribution in [0.25, 0.3) is 0 Å². The fourth-order valence-electron chi connectivity index (χ4n) is 2.61. The molecule has 0 spiro atoms. The van der Waals surface area contributed by atoms with Crippen molar-refractivity contribution in [3.05, 3.63) is 47.0 Å². The number of anilines is 1. The van der Waals surface area contributed by atoms with Crippen LogP contribution in [0.1, 0.15) is 24.1 Å². The molecule has 1 N–H and O–H groups in total. The predicted octanol–water partition coefficient (Wildman–Crippen LogP) is 2.86. The topological polar surface area (TPSA) is 62.3 Å². The minimum atomic E-state index is -0.0232. The standard InChI is InChI=1S/C18H21N3O2S2/c22-16(19-8-10-24-12-14-5-2-1-3-6-14)11-15-13-25-18(20-15)21-9-4-7-17(21)23/h1-3,5-6,13H,4,7-12H2,(H,19,22). The Balaban J connectivity index is 1.35. The van der Waals surface area contributed by atoms with Gasteiger partial charge >= 0.3 is 0 Å². The van der Waals surface area contributed by atoms with E-state index in [4.69, 9.17) is 0 Å². The lowest BCUT2D eigenvalue weighted by atomic mass is 10.2. The molecule has 2 heterocycles. The van der Waals surface area contributed by atoms with Crippen LogP contribution in [-0.2, 0) is 21.8 Å². The summed E-state index contributed by atoms with van der Waals surface area (Å²) in [6.45, 7) is 1.38. The SMILES string of the molecule is O=C(Cc1csc(N2CCCC2=O)n1)NCCSCc1ccccc1. The number of carbonyl (C=O) groups excluding carboxylic acids is 2. The van der Waals surface area contributed by atoms with E-state index < -0.39 is 0 Å². The molecule has 1 aromatic heterocycles. The minimum Gasteiger partial charge on any atom is -0.355 e. The first-order valence-corrected chi connectivity index (χ1v) is 10.4. The average molecular weight is 376 g/mol. The molecule has 1 saturated heterocycles. The first-order chi connectivity index (χ1) is 12.2. The van der Waals surface area contributed by atoms with E-state index in [0.29, 0.717) is 18.1 Å². The third-order valence-electron chi connectivity index (χ3n) is 3.87. The number of hydrogen-bond acceptors (Lipinski definition) is 5. The second kappa shape index (κ2) is 9.01. The molecule has 0 bridgehead atoms.